The van der Waals surface area contributed by atoms with Crippen LogP contribution >= 0.6 is 11.8 Å². The number of fused-ring (bicyclic) bond motifs is 4. The summed E-state index contributed by atoms with van der Waals surface area (Å²) in [6, 6.07) is 0.175. The summed E-state index contributed by atoms with van der Waals surface area (Å²) >= 11 is 1.83. The summed E-state index contributed by atoms with van der Waals surface area (Å²) in [4.78, 5) is 64.9. The molecule has 10 atom stereocenters. The van der Waals surface area contributed by atoms with Gasteiger partial charge in [0.2, 0.25) is 0 Å². The standard InChI is InChI=1S/C33H42N2O8S/c1-4-41-30(39)32-12-7-8-18(2)21(32)15-25(33-13-11-20(14-24(32)33)19(3)29(33)38)43-27(37)16-42-26(36)10-6-5-9-23-28-22(17-44-23)34-31(40)35-28/h1,18,20-25,28H,3,5-17H2,2H3,(H2,34,35,40). The molecule has 2 amide bonds. The summed E-state index contributed by atoms with van der Waals surface area (Å²) < 4.78 is 16.6. The lowest BCUT2D eigenvalue weighted by Gasteiger charge is -2.66. The number of Topliss-reactive ketones (excluding diaryl/α,β-unsaturated/α-hetero) is 1. The SMILES string of the molecule is C#COC(=O)C12CCCC(C)C1CC(OC(=O)COC(=O)CCCCC1SCC3NC(=O)NC31)C13CCC(CC12)C(=C)C3=O. The second-order valence-corrected chi connectivity index (χ2v) is 15.0. The second-order valence-electron chi connectivity index (χ2n) is 13.7. The van der Waals surface area contributed by atoms with Crippen molar-refractivity contribution in [3.63, 3.8) is 0 Å². The summed E-state index contributed by atoms with van der Waals surface area (Å²) in [6.45, 7) is 5.68. The highest BCUT2D eigenvalue weighted by Crippen LogP contribution is 2.70. The summed E-state index contributed by atoms with van der Waals surface area (Å²) in [5.74, 6) is -1.23. The van der Waals surface area contributed by atoms with Crippen molar-refractivity contribution >= 4 is 41.5 Å². The van der Waals surface area contributed by atoms with Crippen LogP contribution in [0.1, 0.15) is 77.6 Å². The number of ketones is 1. The number of unbranched alkanes of at least 4 members (excludes halogenated alkanes) is 1. The van der Waals surface area contributed by atoms with E-state index in [-0.39, 0.29) is 54.0 Å². The molecule has 2 aliphatic heterocycles. The lowest BCUT2D eigenvalue weighted by molar-refractivity contribution is -0.225. The monoisotopic (exact) mass is 626 g/mol. The van der Waals surface area contributed by atoms with E-state index in [1.165, 1.54) is 0 Å². The number of hydrogen-bond donors (Lipinski definition) is 2. The Bertz CT molecular complexity index is 1290. The van der Waals surface area contributed by atoms with E-state index in [2.05, 4.69) is 30.2 Å². The van der Waals surface area contributed by atoms with Crippen LogP contribution in [0.5, 0.6) is 0 Å². The van der Waals surface area contributed by atoms with E-state index in [9.17, 15) is 24.0 Å². The van der Waals surface area contributed by atoms with Crippen molar-refractivity contribution in [2.24, 2.45) is 34.5 Å². The van der Waals surface area contributed by atoms with Gasteiger partial charge in [-0.2, -0.15) is 11.8 Å². The molecule has 238 valence electrons. The number of nitrogens with one attached hydrogen (secondary N) is 2. The van der Waals surface area contributed by atoms with Crippen LogP contribution in [0, 0.1) is 47.0 Å². The van der Waals surface area contributed by atoms with Crippen LogP contribution in [0.25, 0.3) is 0 Å². The van der Waals surface area contributed by atoms with Crippen molar-refractivity contribution in [2.75, 3.05) is 12.4 Å². The number of carbonyl (C=O) groups excluding carboxylic acids is 5. The Morgan fingerprint density at radius 1 is 1.11 bits per heavy atom. The number of urea groups is 1. The minimum absolute atomic E-state index is 0.0135. The summed E-state index contributed by atoms with van der Waals surface area (Å²) in [6.07, 6.45) is 13.8. The lowest BCUT2D eigenvalue weighted by atomic mass is 9.37. The van der Waals surface area contributed by atoms with Crippen molar-refractivity contribution in [1.29, 1.82) is 0 Å². The Balaban J connectivity index is 1.08. The van der Waals surface area contributed by atoms with Crippen LogP contribution in [-0.2, 0) is 33.4 Å². The minimum atomic E-state index is -1.07. The predicted octanol–water partition coefficient (Wildman–Crippen LogP) is 3.67. The normalized spacial score (nSPS) is 40.0. The van der Waals surface area contributed by atoms with Gasteiger partial charge in [0.05, 0.1) is 22.9 Å². The van der Waals surface area contributed by atoms with Gasteiger partial charge >= 0.3 is 23.9 Å². The topological polar surface area (TPSA) is 137 Å². The maximum atomic E-state index is 14.0. The molecular formula is C33H42N2O8S. The Kier molecular flexibility index (Phi) is 8.50. The molecule has 0 aromatic rings. The van der Waals surface area contributed by atoms with Gasteiger partial charge in [-0.3, -0.25) is 14.4 Å². The summed E-state index contributed by atoms with van der Waals surface area (Å²) in [5.41, 5.74) is -1.44. The highest BCUT2D eigenvalue weighted by Gasteiger charge is 2.73. The van der Waals surface area contributed by atoms with E-state index in [1.807, 2.05) is 11.8 Å². The smallest absolute Gasteiger partial charge is 0.344 e. The average Bonchev–Trinajstić information content (AvgIpc) is 3.56. The van der Waals surface area contributed by atoms with Crippen molar-refractivity contribution < 1.29 is 38.2 Å². The number of hydrogen-bond acceptors (Lipinski definition) is 9. The highest BCUT2D eigenvalue weighted by molar-refractivity contribution is 8.00. The molecule has 5 saturated carbocycles. The Morgan fingerprint density at radius 2 is 1.93 bits per heavy atom. The van der Waals surface area contributed by atoms with Gasteiger partial charge in [-0.05, 0) is 74.2 Å². The Hall–Kier alpha value is -3.00. The van der Waals surface area contributed by atoms with Crippen molar-refractivity contribution in [1.82, 2.24) is 10.6 Å². The molecule has 44 heavy (non-hydrogen) atoms. The fourth-order valence-electron chi connectivity index (χ4n) is 9.76. The molecule has 10 unspecified atom stereocenters. The van der Waals surface area contributed by atoms with Gasteiger partial charge in [-0.25, -0.2) is 9.59 Å². The first-order valence-electron chi connectivity index (χ1n) is 16.1. The third kappa shape index (κ3) is 5.01. The van der Waals surface area contributed by atoms with Gasteiger partial charge < -0.3 is 24.8 Å². The minimum Gasteiger partial charge on any atom is -0.459 e. The number of carbonyl (C=O) groups is 5. The third-order valence-electron chi connectivity index (χ3n) is 11.7. The van der Waals surface area contributed by atoms with E-state index in [4.69, 9.17) is 20.6 Å². The first-order valence-corrected chi connectivity index (χ1v) is 17.1. The molecule has 2 saturated heterocycles. The number of allylic oxidation sites excluding steroid dienone is 1. The molecule has 11 heteroatoms. The van der Waals surface area contributed by atoms with Gasteiger partial charge in [0, 0.05) is 17.4 Å². The Morgan fingerprint density at radius 3 is 2.73 bits per heavy atom. The number of amides is 2. The van der Waals surface area contributed by atoms with Crippen molar-refractivity contribution in [3.05, 3.63) is 12.2 Å². The van der Waals surface area contributed by atoms with Crippen molar-refractivity contribution in [3.8, 4) is 12.5 Å². The first-order chi connectivity index (χ1) is 21.1. The van der Waals surface area contributed by atoms with Crippen LogP contribution < -0.4 is 10.6 Å². The van der Waals surface area contributed by atoms with Gasteiger partial charge in [-0.1, -0.05) is 39.2 Å². The predicted molar refractivity (Wildman–Crippen MR) is 161 cm³/mol. The van der Waals surface area contributed by atoms with Crippen LogP contribution in [0.15, 0.2) is 12.2 Å². The van der Waals surface area contributed by atoms with E-state index in [1.54, 1.807) is 0 Å². The number of ether oxygens (including phenoxy) is 3. The fraction of sp³-hybridized carbons (Fsp3) is 0.727. The molecule has 5 aliphatic carbocycles. The zero-order valence-corrected chi connectivity index (χ0v) is 26.1. The van der Waals surface area contributed by atoms with Crippen molar-refractivity contribution in [2.45, 2.75) is 101 Å². The van der Waals surface area contributed by atoms with Gasteiger partial charge in [0.1, 0.15) is 12.2 Å². The number of thioether (sulfide) groups is 1. The average molecular weight is 627 g/mol. The largest absolute Gasteiger partial charge is 0.459 e. The molecule has 0 radical (unpaired) electrons. The van der Waals surface area contributed by atoms with E-state index in [0.717, 1.165) is 37.9 Å². The molecule has 2 bridgehead atoms. The first kappa shape index (κ1) is 31.0. The number of terminal acetylenes is 1. The third-order valence-corrected chi connectivity index (χ3v) is 13.2. The van der Waals surface area contributed by atoms with Gasteiger partial charge in [0.25, 0.3) is 0 Å². The molecule has 7 rings (SSSR count). The Labute approximate surface area is 262 Å². The van der Waals surface area contributed by atoms with E-state index < -0.39 is 41.4 Å². The molecule has 7 fully saturated rings. The maximum absolute atomic E-state index is 14.0. The van der Waals surface area contributed by atoms with Crippen LogP contribution in [-0.4, -0.2) is 65.5 Å². The molecule has 2 N–H and O–H groups in total. The maximum Gasteiger partial charge on any atom is 0.344 e. The van der Waals surface area contributed by atoms with E-state index >= 15 is 0 Å². The number of rotatable bonds is 9. The zero-order chi connectivity index (χ0) is 31.2. The molecule has 7 aliphatic rings. The highest BCUT2D eigenvalue weighted by atomic mass is 32.2. The molecular weight excluding hydrogens is 584 g/mol. The van der Waals surface area contributed by atoms with Gasteiger partial charge in [-0.15, -0.1) is 0 Å². The van der Waals surface area contributed by atoms with Gasteiger partial charge in [0.15, 0.2) is 12.4 Å². The molecule has 1 spiro atoms. The molecule has 10 nitrogen and oxygen atoms in total. The second kappa shape index (κ2) is 12.1. The molecule has 0 aromatic heterocycles. The lowest BCUT2D eigenvalue weighted by Crippen LogP contribution is -2.70. The van der Waals surface area contributed by atoms with E-state index in [0.29, 0.717) is 42.9 Å². The molecule has 0 aromatic carbocycles. The van der Waals surface area contributed by atoms with Crippen LogP contribution in [0.2, 0.25) is 0 Å². The summed E-state index contributed by atoms with van der Waals surface area (Å²) in [5, 5.41) is 6.22. The molecule has 2 heterocycles. The number of esters is 3. The van der Waals surface area contributed by atoms with Crippen LogP contribution in [0.4, 0.5) is 4.79 Å². The fourth-order valence-corrected chi connectivity index (χ4v) is 11.3. The van der Waals surface area contributed by atoms with Crippen LogP contribution in [0.3, 0.4) is 0 Å². The zero-order valence-electron chi connectivity index (χ0n) is 25.3. The summed E-state index contributed by atoms with van der Waals surface area (Å²) in [7, 11) is 0. The quantitative estimate of drug-likeness (QED) is 0.0981.